The predicted molar refractivity (Wildman–Crippen MR) is 58.8 cm³/mol. The van der Waals surface area contributed by atoms with Crippen LogP contribution in [0.5, 0.6) is 0 Å². The number of nitrogens with one attached hydrogen (secondary N) is 1. The maximum absolute atomic E-state index is 11.1. The second-order valence-corrected chi connectivity index (χ2v) is 8.14. The maximum Gasteiger partial charge on any atom is 0.208 e. The summed E-state index contributed by atoms with van der Waals surface area (Å²) < 4.78 is 46.1. The number of hydrogen-bond donors (Lipinski definition) is 1. The summed E-state index contributed by atoms with van der Waals surface area (Å²) in [5.74, 6) is 0.777. The molecule has 1 N–H and O–H groups in total. The Morgan fingerprint density at radius 1 is 1.40 bits per heavy atom. The van der Waals surface area contributed by atoms with Crippen LogP contribution in [0.25, 0.3) is 0 Å². The van der Waals surface area contributed by atoms with Crippen molar-refractivity contribution in [3.05, 3.63) is 0 Å². The first-order valence-corrected chi connectivity index (χ1v) is 8.65. The van der Waals surface area contributed by atoms with E-state index in [0.29, 0.717) is 13.0 Å². The van der Waals surface area contributed by atoms with Gasteiger partial charge in [-0.2, -0.15) is 0 Å². The van der Waals surface area contributed by atoms with E-state index in [1.54, 1.807) is 0 Å². The SMILES string of the molecule is CS(=O)(=O)NCCCC1CCS(=O)(=O)C1. The third-order valence-electron chi connectivity index (χ3n) is 2.48. The smallest absolute Gasteiger partial charge is 0.208 e. The van der Waals surface area contributed by atoms with Crippen molar-refractivity contribution < 1.29 is 16.8 Å². The molecule has 0 aromatic heterocycles. The Morgan fingerprint density at radius 3 is 2.53 bits per heavy atom. The van der Waals surface area contributed by atoms with Crippen molar-refractivity contribution in [3.8, 4) is 0 Å². The minimum atomic E-state index is -3.11. The molecule has 0 radical (unpaired) electrons. The van der Waals surface area contributed by atoms with E-state index in [0.717, 1.165) is 19.1 Å². The van der Waals surface area contributed by atoms with Crippen LogP contribution in [-0.2, 0) is 19.9 Å². The molecule has 7 heteroatoms. The van der Waals surface area contributed by atoms with Gasteiger partial charge in [-0.1, -0.05) is 0 Å². The largest absolute Gasteiger partial charge is 0.229 e. The number of rotatable bonds is 5. The van der Waals surface area contributed by atoms with E-state index in [1.807, 2.05) is 0 Å². The van der Waals surface area contributed by atoms with Crippen LogP contribution in [0.4, 0.5) is 0 Å². The normalized spacial score (nSPS) is 25.5. The Bertz CT molecular complexity index is 398. The van der Waals surface area contributed by atoms with E-state index < -0.39 is 19.9 Å². The Hall–Kier alpha value is -0.140. The average molecular weight is 255 g/mol. The van der Waals surface area contributed by atoms with E-state index in [9.17, 15) is 16.8 Å². The zero-order valence-corrected chi connectivity index (χ0v) is 10.4. The lowest BCUT2D eigenvalue weighted by atomic mass is 10.0. The summed E-state index contributed by atoms with van der Waals surface area (Å²) in [4.78, 5) is 0. The lowest BCUT2D eigenvalue weighted by molar-refractivity contribution is 0.513. The predicted octanol–water partition coefficient (Wildman–Crippen LogP) is -0.249. The summed E-state index contributed by atoms with van der Waals surface area (Å²) in [5, 5.41) is 0. The molecule has 5 nitrogen and oxygen atoms in total. The van der Waals surface area contributed by atoms with Crippen LogP contribution in [-0.4, -0.2) is 41.1 Å². The lowest BCUT2D eigenvalue weighted by Gasteiger charge is -2.06. The molecule has 90 valence electrons. The van der Waals surface area contributed by atoms with Gasteiger partial charge in [-0.05, 0) is 25.2 Å². The molecule has 1 fully saturated rings. The second-order valence-electron chi connectivity index (χ2n) is 4.08. The zero-order chi connectivity index (χ0) is 11.5. The molecule has 0 aliphatic carbocycles. The Kier molecular flexibility index (Phi) is 4.13. The summed E-state index contributed by atoms with van der Waals surface area (Å²) in [7, 11) is -5.91. The number of sulfone groups is 1. The highest BCUT2D eigenvalue weighted by Gasteiger charge is 2.27. The molecule has 0 saturated carbocycles. The van der Waals surface area contributed by atoms with Gasteiger partial charge in [0.15, 0.2) is 9.84 Å². The molecule has 0 spiro atoms. The first-order valence-electron chi connectivity index (χ1n) is 4.93. The molecule has 0 amide bonds. The highest BCUT2D eigenvalue weighted by molar-refractivity contribution is 7.91. The average Bonchev–Trinajstić information content (AvgIpc) is 2.38. The standard InChI is InChI=1S/C8H17NO4S2/c1-14(10,11)9-5-2-3-8-4-6-15(12,13)7-8/h8-9H,2-7H2,1H3. The summed E-state index contributed by atoms with van der Waals surface area (Å²) in [6, 6.07) is 0. The Morgan fingerprint density at radius 2 is 2.07 bits per heavy atom. The van der Waals surface area contributed by atoms with Gasteiger partial charge in [0, 0.05) is 6.54 Å². The van der Waals surface area contributed by atoms with Crippen molar-refractivity contribution in [3.63, 3.8) is 0 Å². The van der Waals surface area contributed by atoms with Crippen LogP contribution in [0, 0.1) is 5.92 Å². The van der Waals surface area contributed by atoms with Crippen molar-refractivity contribution in [1.29, 1.82) is 0 Å². The van der Waals surface area contributed by atoms with Crippen molar-refractivity contribution in [2.24, 2.45) is 5.92 Å². The highest BCUT2D eigenvalue weighted by Crippen LogP contribution is 2.22. The molecule has 15 heavy (non-hydrogen) atoms. The summed E-state index contributed by atoms with van der Waals surface area (Å²) >= 11 is 0. The van der Waals surface area contributed by atoms with Gasteiger partial charge in [-0.25, -0.2) is 21.6 Å². The van der Waals surface area contributed by atoms with Gasteiger partial charge in [0.05, 0.1) is 17.8 Å². The third kappa shape index (κ3) is 5.48. The van der Waals surface area contributed by atoms with Gasteiger partial charge in [-0.3, -0.25) is 0 Å². The van der Waals surface area contributed by atoms with Crippen molar-refractivity contribution in [1.82, 2.24) is 4.72 Å². The minimum absolute atomic E-state index is 0.219. The molecule has 1 rings (SSSR count). The fraction of sp³-hybridized carbons (Fsp3) is 1.00. The summed E-state index contributed by atoms with van der Waals surface area (Å²) in [6.07, 6.45) is 3.32. The first kappa shape index (κ1) is 12.9. The maximum atomic E-state index is 11.1. The topological polar surface area (TPSA) is 80.3 Å². The molecular weight excluding hydrogens is 238 g/mol. The van der Waals surface area contributed by atoms with E-state index in [2.05, 4.69) is 4.72 Å². The summed E-state index contributed by atoms with van der Waals surface area (Å²) in [5.41, 5.74) is 0. The Balaban J connectivity index is 2.18. The molecule has 1 heterocycles. The van der Waals surface area contributed by atoms with Crippen LogP contribution in [0.2, 0.25) is 0 Å². The number of hydrogen-bond acceptors (Lipinski definition) is 4. The van der Waals surface area contributed by atoms with Crippen molar-refractivity contribution in [2.45, 2.75) is 19.3 Å². The van der Waals surface area contributed by atoms with Crippen LogP contribution < -0.4 is 4.72 Å². The molecule has 0 bridgehead atoms. The van der Waals surface area contributed by atoms with Gasteiger partial charge in [0.1, 0.15) is 0 Å². The van der Waals surface area contributed by atoms with Gasteiger partial charge in [-0.15, -0.1) is 0 Å². The highest BCUT2D eigenvalue weighted by atomic mass is 32.2. The molecule has 0 aromatic rings. The molecule has 1 aliphatic rings. The second kappa shape index (κ2) is 4.80. The van der Waals surface area contributed by atoms with E-state index in [-0.39, 0.29) is 17.4 Å². The molecule has 0 aromatic carbocycles. The Labute approximate surface area is 91.2 Å². The molecular formula is C8H17NO4S2. The van der Waals surface area contributed by atoms with E-state index in [4.69, 9.17) is 0 Å². The van der Waals surface area contributed by atoms with E-state index >= 15 is 0 Å². The third-order valence-corrected chi connectivity index (χ3v) is 5.05. The van der Waals surface area contributed by atoms with Crippen LogP contribution in [0.15, 0.2) is 0 Å². The molecule has 1 saturated heterocycles. The fourth-order valence-electron chi connectivity index (χ4n) is 1.75. The van der Waals surface area contributed by atoms with E-state index in [1.165, 1.54) is 0 Å². The van der Waals surface area contributed by atoms with Gasteiger partial charge in [0.2, 0.25) is 10.0 Å². The molecule has 1 unspecified atom stereocenters. The fourth-order valence-corrected chi connectivity index (χ4v) is 4.17. The number of sulfonamides is 1. The monoisotopic (exact) mass is 255 g/mol. The zero-order valence-electron chi connectivity index (χ0n) is 8.77. The summed E-state index contributed by atoms with van der Waals surface area (Å²) in [6.45, 7) is 0.398. The lowest BCUT2D eigenvalue weighted by Crippen LogP contribution is -2.23. The first-order chi connectivity index (χ1) is 6.79. The van der Waals surface area contributed by atoms with Gasteiger partial charge in [0.25, 0.3) is 0 Å². The van der Waals surface area contributed by atoms with Gasteiger partial charge < -0.3 is 0 Å². The van der Waals surface area contributed by atoms with Crippen LogP contribution in [0.1, 0.15) is 19.3 Å². The minimum Gasteiger partial charge on any atom is -0.229 e. The van der Waals surface area contributed by atoms with Crippen molar-refractivity contribution >= 4 is 19.9 Å². The van der Waals surface area contributed by atoms with Crippen LogP contribution >= 0.6 is 0 Å². The van der Waals surface area contributed by atoms with Gasteiger partial charge >= 0.3 is 0 Å². The molecule has 1 atom stereocenters. The molecule has 1 aliphatic heterocycles. The van der Waals surface area contributed by atoms with Crippen molar-refractivity contribution in [2.75, 3.05) is 24.3 Å². The van der Waals surface area contributed by atoms with Crippen LogP contribution in [0.3, 0.4) is 0 Å². The quantitative estimate of drug-likeness (QED) is 0.687.